The van der Waals surface area contributed by atoms with Gasteiger partial charge in [-0.25, -0.2) is 13.4 Å². The number of ether oxygens (including phenoxy) is 2. The predicted octanol–water partition coefficient (Wildman–Crippen LogP) is 4.81. The maximum atomic E-state index is 14.3. The number of pyridine rings is 1. The van der Waals surface area contributed by atoms with Gasteiger partial charge in [-0.1, -0.05) is 38.0 Å². The van der Waals surface area contributed by atoms with Crippen molar-refractivity contribution in [2.75, 3.05) is 25.2 Å². The number of sulfone groups is 1. The minimum atomic E-state index is -3.61. The van der Waals surface area contributed by atoms with Gasteiger partial charge in [-0.2, -0.15) is 0 Å². The first-order valence-corrected chi connectivity index (χ1v) is 18.9. The number of hydrogen-bond donors (Lipinski definition) is 0. The predicted molar refractivity (Wildman–Crippen MR) is 178 cm³/mol. The molecule has 1 aliphatic carbocycles. The third-order valence-electron chi connectivity index (χ3n) is 9.89. The third-order valence-corrected chi connectivity index (χ3v) is 10.7. The van der Waals surface area contributed by atoms with Gasteiger partial charge in [0.25, 0.3) is 0 Å². The van der Waals surface area contributed by atoms with E-state index in [0.29, 0.717) is 18.7 Å². The highest BCUT2D eigenvalue weighted by atomic mass is 32.2. The maximum absolute atomic E-state index is 14.3. The number of cyclic esters (lactones) is 1. The van der Waals surface area contributed by atoms with Crippen molar-refractivity contribution in [1.82, 2.24) is 9.88 Å². The first-order valence-electron chi connectivity index (χ1n) is 16.8. The summed E-state index contributed by atoms with van der Waals surface area (Å²) in [5, 5.41) is 1.82. The van der Waals surface area contributed by atoms with E-state index < -0.39 is 50.8 Å². The van der Waals surface area contributed by atoms with Gasteiger partial charge in [-0.05, 0) is 67.5 Å². The van der Waals surface area contributed by atoms with Gasteiger partial charge in [0.1, 0.15) is 11.9 Å². The molecule has 3 heterocycles. The molecular weight excluding hydrogens is 620 g/mol. The highest BCUT2D eigenvalue weighted by molar-refractivity contribution is 7.91. The van der Waals surface area contributed by atoms with Gasteiger partial charge < -0.3 is 14.4 Å². The minimum absolute atomic E-state index is 0.0808. The molecule has 5 atom stereocenters. The first kappa shape index (κ1) is 34.7. The lowest BCUT2D eigenvalue weighted by atomic mass is 9.88. The molecule has 2 fully saturated rings. The summed E-state index contributed by atoms with van der Waals surface area (Å²) in [5.41, 5.74) is -0.0188. The van der Waals surface area contributed by atoms with Crippen LogP contribution in [-0.4, -0.2) is 79.1 Å². The maximum Gasteiger partial charge on any atom is 0.306 e. The second-order valence-electron chi connectivity index (χ2n) is 13.6. The Morgan fingerprint density at radius 3 is 2.70 bits per heavy atom. The van der Waals surface area contributed by atoms with Crippen LogP contribution >= 0.6 is 0 Å². The quantitative estimate of drug-likeness (QED) is 0.258. The number of nitrogens with zero attached hydrogens (tertiary/aromatic N) is 2. The van der Waals surface area contributed by atoms with Gasteiger partial charge in [0.15, 0.2) is 21.4 Å². The molecule has 1 aromatic carbocycles. The molecule has 2 aromatic rings. The number of carbonyl (C=O) groups is 4. The number of Topliss-reactive ketones (excluding diaryl/α,β-unsaturated/α-hetero) is 2. The Bertz CT molecular complexity index is 1640. The molecule has 10 nitrogen and oxygen atoms in total. The number of ketones is 2. The topological polar surface area (TPSA) is 137 Å². The molecule has 11 heteroatoms. The molecule has 1 saturated carbocycles. The van der Waals surface area contributed by atoms with Crippen LogP contribution in [0.3, 0.4) is 0 Å². The number of rotatable bonds is 10. The fourth-order valence-electron chi connectivity index (χ4n) is 7.16. The van der Waals surface area contributed by atoms with Crippen LogP contribution in [0.2, 0.25) is 0 Å². The summed E-state index contributed by atoms with van der Waals surface area (Å²) < 4.78 is 36.0. The Hall–Kier alpha value is -3.60. The Labute approximate surface area is 277 Å². The lowest BCUT2D eigenvalue weighted by molar-refractivity contribution is -0.150. The number of hydrogen-bond acceptors (Lipinski definition) is 9. The smallest absolute Gasteiger partial charge is 0.306 e. The molecule has 0 spiro atoms. The number of aromatic nitrogens is 1. The fraction of sp³-hybridized carbons (Fsp3) is 0.583. The van der Waals surface area contributed by atoms with E-state index in [1.807, 2.05) is 19.1 Å². The van der Waals surface area contributed by atoms with Crippen LogP contribution in [0.15, 0.2) is 43.1 Å². The number of aryl methyl sites for hydroxylation is 1. The van der Waals surface area contributed by atoms with E-state index >= 15 is 0 Å². The summed E-state index contributed by atoms with van der Waals surface area (Å²) in [5.74, 6) is -2.79. The van der Waals surface area contributed by atoms with E-state index in [9.17, 15) is 27.6 Å². The van der Waals surface area contributed by atoms with Crippen molar-refractivity contribution in [2.45, 2.75) is 89.7 Å². The van der Waals surface area contributed by atoms with E-state index in [4.69, 9.17) is 9.47 Å². The van der Waals surface area contributed by atoms with Crippen LogP contribution in [0.4, 0.5) is 0 Å². The number of benzene rings is 1. The molecule has 4 bridgehead atoms. The van der Waals surface area contributed by atoms with Crippen LogP contribution in [0.5, 0.6) is 5.88 Å². The molecule has 1 amide bonds. The number of allylic oxidation sites excluding steroid dienone is 1. The molecule has 1 aromatic heterocycles. The van der Waals surface area contributed by atoms with Crippen LogP contribution in [0.1, 0.15) is 76.7 Å². The normalized spacial score (nSPS) is 27.1. The Morgan fingerprint density at radius 2 is 1.98 bits per heavy atom. The van der Waals surface area contributed by atoms with E-state index in [2.05, 4.69) is 23.7 Å². The molecule has 254 valence electrons. The summed E-state index contributed by atoms with van der Waals surface area (Å²) >= 11 is 0. The standard InChI is InChI=1S/C36H46N2O8S/c1-4-6-11-26-18-33(41)45-16-9-7-8-10-24-12-13-25-14-15-37-34(29(25)17-24)46-28-19-30(38(22-28)35(26)42)31(39)21-36(20-27(36)5-2)32(40)23-47(3,43)44/h5,12-15,17,26-28,30H,2,4,6-11,16,18-23H2,1,3H3/t26-,27?,28-,30+,36-/m1/s1. The van der Waals surface area contributed by atoms with Crippen molar-refractivity contribution in [3.63, 3.8) is 0 Å². The van der Waals surface area contributed by atoms with Gasteiger partial charge in [-0.15, -0.1) is 6.58 Å². The van der Waals surface area contributed by atoms with E-state index in [1.54, 1.807) is 12.3 Å². The molecular formula is C36H46N2O8S. The molecule has 0 radical (unpaired) electrons. The monoisotopic (exact) mass is 666 g/mol. The van der Waals surface area contributed by atoms with Crippen molar-refractivity contribution in [1.29, 1.82) is 0 Å². The zero-order valence-electron chi connectivity index (χ0n) is 27.4. The molecule has 1 unspecified atom stereocenters. The first-order chi connectivity index (χ1) is 22.4. The lowest BCUT2D eigenvalue weighted by Gasteiger charge is -2.28. The number of esters is 1. The number of fused-ring (bicyclic) bond motifs is 3. The molecule has 5 rings (SSSR count). The van der Waals surface area contributed by atoms with Gasteiger partial charge >= 0.3 is 5.97 Å². The van der Waals surface area contributed by atoms with Crippen molar-refractivity contribution >= 4 is 44.1 Å². The van der Waals surface area contributed by atoms with Crippen molar-refractivity contribution in [3.8, 4) is 5.88 Å². The summed E-state index contributed by atoms with van der Waals surface area (Å²) in [6.07, 6.45) is 9.37. The van der Waals surface area contributed by atoms with Crippen molar-refractivity contribution < 1.29 is 37.1 Å². The summed E-state index contributed by atoms with van der Waals surface area (Å²) in [6.45, 7) is 6.20. The molecule has 47 heavy (non-hydrogen) atoms. The Morgan fingerprint density at radius 1 is 1.17 bits per heavy atom. The van der Waals surface area contributed by atoms with E-state index in [-0.39, 0.29) is 50.0 Å². The van der Waals surface area contributed by atoms with Crippen LogP contribution in [0.25, 0.3) is 10.8 Å². The zero-order valence-corrected chi connectivity index (χ0v) is 28.3. The third kappa shape index (κ3) is 8.28. The van der Waals surface area contributed by atoms with E-state index in [0.717, 1.165) is 61.1 Å². The van der Waals surface area contributed by atoms with Gasteiger partial charge in [0, 0.05) is 42.0 Å². The summed E-state index contributed by atoms with van der Waals surface area (Å²) in [7, 11) is -3.61. The molecule has 0 N–H and O–H groups in total. The van der Waals surface area contributed by atoms with Gasteiger partial charge in [0.2, 0.25) is 11.8 Å². The fourth-order valence-corrected chi connectivity index (χ4v) is 7.92. The van der Waals surface area contributed by atoms with Crippen molar-refractivity contribution in [3.05, 3.63) is 48.7 Å². The van der Waals surface area contributed by atoms with Gasteiger partial charge in [0.05, 0.1) is 25.6 Å². The highest BCUT2D eigenvalue weighted by Crippen LogP contribution is 2.57. The number of amides is 1. The average Bonchev–Trinajstić information content (AvgIpc) is 3.58. The van der Waals surface area contributed by atoms with Crippen LogP contribution in [0, 0.1) is 17.3 Å². The van der Waals surface area contributed by atoms with Crippen LogP contribution in [-0.2, 0) is 40.2 Å². The molecule has 1 saturated heterocycles. The lowest BCUT2D eigenvalue weighted by Crippen LogP contribution is -2.45. The second-order valence-corrected chi connectivity index (χ2v) is 15.7. The largest absolute Gasteiger partial charge is 0.472 e. The SMILES string of the molecule is C=CC1C[C@]1(CC(=O)[C@@H]1C[C@@H]2CN1C(=O)[C@H](CCCC)CC(=O)OCCCCCc1ccc3ccnc(c3c1)O2)C(=O)CS(C)(=O)=O. The van der Waals surface area contributed by atoms with Crippen molar-refractivity contribution in [2.24, 2.45) is 17.3 Å². The molecule has 2 aliphatic heterocycles. The Kier molecular flexibility index (Phi) is 10.8. The highest BCUT2D eigenvalue weighted by Gasteiger charge is 2.60. The molecule has 3 aliphatic rings. The minimum Gasteiger partial charge on any atom is -0.472 e. The average molecular weight is 667 g/mol. The van der Waals surface area contributed by atoms with Gasteiger partial charge in [-0.3, -0.25) is 19.2 Å². The van der Waals surface area contributed by atoms with Crippen LogP contribution < -0.4 is 4.74 Å². The number of carbonyl (C=O) groups excluding carboxylic acids is 4. The summed E-state index contributed by atoms with van der Waals surface area (Å²) in [4.78, 5) is 60.6. The summed E-state index contributed by atoms with van der Waals surface area (Å²) in [6, 6.07) is 7.20. The van der Waals surface area contributed by atoms with E-state index in [1.165, 1.54) is 4.90 Å². The number of unbranched alkanes of at least 4 members (excludes halogenated alkanes) is 1. The Balaban J connectivity index is 1.48. The second kappa shape index (κ2) is 14.7. The zero-order chi connectivity index (χ0) is 33.8.